The van der Waals surface area contributed by atoms with Crippen molar-refractivity contribution in [1.29, 1.82) is 0 Å². The monoisotopic (exact) mass is 629 g/mol. The van der Waals surface area contributed by atoms with Crippen LogP contribution in [-0.4, -0.2) is 34.7 Å². The van der Waals surface area contributed by atoms with Gasteiger partial charge in [-0.3, -0.25) is 0 Å². The second kappa shape index (κ2) is 9.66. The third kappa shape index (κ3) is 5.74. The van der Waals surface area contributed by atoms with E-state index in [-0.39, 0.29) is 28.1 Å². The van der Waals surface area contributed by atoms with Gasteiger partial charge in [0, 0.05) is 10.8 Å². The molecule has 0 bridgehead atoms. The Bertz CT molecular complexity index is 1820. The quantitative estimate of drug-likeness (QED) is 0.193. The average molecular weight is 629 g/mol. The molecule has 0 amide bonds. The molecule has 20 heteroatoms. The molecule has 5 aromatic rings. The van der Waals surface area contributed by atoms with Crippen LogP contribution in [0.5, 0.6) is 0 Å². The molecule has 5 aromatic heterocycles. The van der Waals surface area contributed by atoms with Crippen molar-refractivity contribution in [1.82, 2.24) is 34.7 Å². The van der Waals surface area contributed by atoms with E-state index in [2.05, 4.69) is 30.0 Å². The Morgan fingerprint density at radius 1 is 0.571 bits per heavy atom. The molecule has 0 aromatic carbocycles. The first-order chi connectivity index (χ1) is 19.3. The van der Waals surface area contributed by atoms with E-state index in [4.69, 9.17) is 0 Å². The van der Waals surface area contributed by atoms with Crippen LogP contribution in [0.15, 0.2) is 52.9 Å². The fourth-order valence-corrected chi connectivity index (χ4v) is 4.31. The molecule has 220 valence electrons. The molecule has 0 radical (unpaired) electrons. The highest BCUT2D eigenvalue weighted by molar-refractivity contribution is 7.99. The first-order valence-corrected chi connectivity index (χ1v) is 11.6. The largest absolute Gasteiger partial charge is 0.433 e. The predicted octanol–water partition coefficient (Wildman–Crippen LogP) is 7.38. The highest BCUT2D eigenvalue weighted by Crippen LogP contribution is 2.40. The number of halogens is 12. The fraction of sp³-hybridized carbons (Fsp3) is 0.182. The third-order valence-corrected chi connectivity index (χ3v) is 6.20. The van der Waals surface area contributed by atoms with Crippen molar-refractivity contribution < 1.29 is 52.7 Å². The second-order valence-corrected chi connectivity index (χ2v) is 9.22. The molecular formula is C22H7F12N7S. The van der Waals surface area contributed by atoms with Gasteiger partial charge in [-0.1, -0.05) is 0 Å². The van der Waals surface area contributed by atoms with Crippen molar-refractivity contribution in [3.8, 4) is 5.82 Å². The van der Waals surface area contributed by atoms with Crippen molar-refractivity contribution in [2.45, 2.75) is 34.9 Å². The van der Waals surface area contributed by atoms with E-state index in [1.165, 1.54) is 0 Å². The van der Waals surface area contributed by atoms with Crippen molar-refractivity contribution in [2.24, 2.45) is 0 Å². The van der Waals surface area contributed by atoms with Crippen LogP contribution in [0.25, 0.3) is 27.9 Å². The summed E-state index contributed by atoms with van der Waals surface area (Å²) in [6, 6.07) is 3.42. The van der Waals surface area contributed by atoms with Crippen LogP contribution in [0, 0.1) is 0 Å². The summed E-state index contributed by atoms with van der Waals surface area (Å²) in [7, 11) is 0. The minimum absolute atomic E-state index is 0.138. The number of alkyl halides is 12. The van der Waals surface area contributed by atoms with Gasteiger partial charge in [-0.2, -0.15) is 52.7 Å². The van der Waals surface area contributed by atoms with Gasteiger partial charge in [-0.15, -0.1) is 5.10 Å². The molecular weight excluding hydrogens is 622 g/mol. The second-order valence-electron chi connectivity index (χ2n) is 8.24. The molecule has 0 atom stereocenters. The maximum Gasteiger partial charge on any atom is 0.433 e. The Hall–Kier alpha value is -4.23. The topological polar surface area (TPSA) is 82.3 Å². The lowest BCUT2D eigenvalue weighted by molar-refractivity contribution is -0.146. The first-order valence-electron chi connectivity index (χ1n) is 10.8. The molecule has 0 aliphatic rings. The van der Waals surface area contributed by atoms with Crippen LogP contribution < -0.4 is 0 Å². The Labute approximate surface area is 227 Å². The van der Waals surface area contributed by atoms with E-state index in [9.17, 15) is 52.7 Å². The zero-order valence-electron chi connectivity index (χ0n) is 19.6. The summed E-state index contributed by atoms with van der Waals surface area (Å²) in [6.07, 6.45) is -19.8. The zero-order chi connectivity index (χ0) is 30.8. The van der Waals surface area contributed by atoms with Crippen LogP contribution in [0.4, 0.5) is 52.7 Å². The van der Waals surface area contributed by atoms with Gasteiger partial charge in [0.05, 0.1) is 11.1 Å². The van der Waals surface area contributed by atoms with Gasteiger partial charge in [-0.05, 0) is 48.2 Å². The maximum atomic E-state index is 13.4. The molecule has 0 N–H and O–H groups in total. The van der Waals surface area contributed by atoms with E-state index in [0.717, 1.165) is 35.3 Å². The van der Waals surface area contributed by atoms with Crippen LogP contribution >= 0.6 is 11.8 Å². The van der Waals surface area contributed by atoms with Gasteiger partial charge in [0.25, 0.3) is 0 Å². The van der Waals surface area contributed by atoms with E-state index in [1.807, 2.05) is 0 Å². The van der Waals surface area contributed by atoms with Gasteiger partial charge < -0.3 is 0 Å². The standard InChI is InChI=1S/C22H7F12N7S/c23-19(24,25)10-5-12(21(29,30)31)36-16-8(10)1-3-14(38-16)41-7-35-18(40-41)42-15-4-2-9-11(20(26,27)28)6-13(22(32,33)34)37-17(9)39-15/h1-7H. The highest BCUT2D eigenvalue weighted by Gasteiger charge is 2.41. The lowest BCUT2D eigenvalue weighted by Gasteiger charge is -2.14. The SMILES string of the molecule is FC(F)(F)c1cc(C(F)(F)F)c2ccc(Sc3ncn(-c4ccc5c(C(F)(F)F)cc(C(F)(F)F)nc5n4)n3)nc2n1. The van der Waals surface area contributed by atoms with Crippen molar-refractivity contribution in [2.75, 3.05) is 0 Å². The number of aromatic nitrogens is 7. The maximum absolute atomic E-state index is 13.4. The number of pyridine rings is 4. The van der Waals surface area contributed by atoms with Crippen molar-refractivity contribution in [3.63, 3.8) is 0 Å². The minimum Gasteiger partial charge on any atom is -0.224 e. The fourth-order valence-electron chi connectivity index (χ4n) is 3.62. The molecule has 0 aliphatic heterocycles. The normalized spacial score (nSPS) is 13.3. The molecule has 0 saturated heterocycles. The lowest BCUT2D eigenvalue weighted by Crippen LogP contribution is -2.14. The summed E-state index contributed by atoms with van der Waals surface area (Å²) >= 11 is 0.562. The molecule has 0 fully saturated rings. The Balaban J connectivity index is 1.51. The van der Waals surface area contributed by atoms with E-state index in [1.54, 1.807) is 0 Å². The Kier molecular flexibility index (Phi) is 6.74. The molecule has 5 heterocycles. The summed E-state index contributed by atoms with van der Waals surface area (Å²) in [5, 5.41) is 2.11. The predicted molar refractivity (Wildman–Crippen MR) is 118 cm³/mol. The van der Waals surface area contributed by atoms with Gasteiger partial charge in [0.15, 0.2) is 17.1 Å². The van der Waals surface area contributed by atoms with Crippen LogP contribution in [-0.2, 0) is 24.7 Å². The molecule has 5 rings (SSSR count). The Morgan fingerprint density at radius 2 is 1.07 bits per heavy atom. The van der Waals surface area contributed by atoms with Crippen LogP contribution in [0.3, 0.4) is 0 Å². The number of rotatable bonds is 3. The summed E-state index contributed by atoms with van der Waals surface area (Å²) < 4.78 is 160. The van der Waals surface area contributed by atoms with Crippen molar-refractivity contribution in [3.05, 3.63) is 65.2 Å². The number of nitrogens with zero attached hydrogens (tertiary/aromatic N) is 7. The first kappa shape index (κ1) is 29.3. The van der Waals surface area contributed by atoms with E-state index < -0.39 is 69.3 Å². The average Bonchev–Trinajstić information content (AvgIpc) is 3.33. The summed E-state index contributed by atoms with van der Waals surface area (Å²) in [5.41, 5.74) is -8.65. The number of fused-ring (bicyclic) bond motifs is 2. The minimum atomic E-state index is -5.22. The van der Waals surface area contributed by atoms with Gasteiger partial charge in [0.2, 0.25) is 5.16 Å². The molecule has 0 aliphatic carbocycles. The summed E-state index contributed by atoms with van der Waals surface area (Å²) in [4.78, 5) is 17.7. The van der Waals surface area contributed by atoms with Gasteiger partial charge in [-0.25, -0.2) is 29.6 Å². The molecule has 0 unspecified atom stereocenters. The Morgan fingerprint density at radius 3 is 1.57 bits per heavy atom. The highest BCUT2D eigenvalue weighted by atomic mass is 32.2. The third-order valence-electron chi connectivity index (χ3n) is 5.40. The van der Waals surface area contributed by atoms with E-state index in [0.29, 0.717) is 11.8 Å². The number of hydrogen-bond donors (Lipinski definition) is 0. The smallest absolute Gasteiger partial charge is 0.224 e. The summed E-state index contributed by atoms with van der Waals surface area (Å²) in [5.74, 6) is -0.306. The summed E-state index contributed by atoms with van der Waals surface area (Å²) in [6.45, 7) is 0. The molecule has 42 heavy (non-hydrogen) atoms. The van der Waals surface area contributed by atoms with Crippen LogP contribution in [0.2, 0.25) is 0 Å². The van der Waals surface area contributed by atoms with Crippen LogP contribution in [0.1, 0.15) is 22.5 Å². The van der Waals surface area contributed by atoms with Crippen molar-refractivity contribution >= 4 is 33.8 Å². The molecule has 7 nitrogen and oxygen atoms in total. The number of hydrogen-bond acceptors (Lipinski definition) is 7. The lowest BCUT2D eigenvalue weighted by atomic mass is 10.1. The van der Waals surface area contributed by atoms with E-state index >= 15 is 0 Å². The zero-order valence-corrected chi connectivity index (χ0v) is 20.4. The van der Waals surface area contributed by atoms with Gasteiger partial charge >= 0.3 is 24.7 Å². The molecule has 0 saturated carbocycles. The van der Waals surface area contributed by atoms with Gasteiger partial charge in [0.1, 0.15) is 22.7 Å². The molecule has 0 spiro atoms.